The van der Waals surface area contributed by atoms with E-state index in [1.807, 2.05) is 6.07 Å². The van der Waals surface area contributed by atoms with Crippen molar-refractivity contribution < 1.29 is 22.4 Å². The van der Waals surface area contributed by atoms with Gasteiger partial charge in [0, 0.05) is 38.8 Å². The topological polar surface area (TPSA) is 79.4 Å². The van der Waals surface area contributed by atoms with Crippen LogP contribution in [0.4, 0.5) is 5.69 Å². The SMILES string of the molecule is CN(CC(=O)N1CCOCC1)S(=O)(=O)c1ccc(N2CCC(O[Si](C)(C)C(C)(C)C)C2)c(C#C[Si](C)(C)C)c1. The van der Waals surface area contributed by atoms with Crippen molar-refractivity contribution in [2.75, 3.05) is 57.9 Å². The molecule has 2 aliphatic heterocycles. The fourth-order valence-electron chi connectivity index (χ4n) is 4.31. The van der Waals surface area contributed by atoms with Gasteiger partial charge >= 0.3 is 0 Å². The molecule has 218 valence electrons. The molecule has 0 spiro atoms. The fraction of sp³-hybridized carbons (Fsp3) is 0.679. The molecule has 2 fully saturated rings. The first-order valence-electron chi connectivity index (χ1n) is 13.8. The minimum atomic E-state index is -3.88. The predicted molar refractivity (Wildman–Crippen MR) is 163 cm³/mol. The summed E-state index contributed by atoms with van der Waals surface area (Å²) in [5.74, 6) is 3.11. The second-order valence-corrected chi connectivity index (χ2v) is 24.7. The van der Waals surface area contributed by atoms with Gasteiger partial charge in [-0.2, -0.15) is 4.31 Å². The molecule has 0 aliphatic carbocycles. The molecule has 1 aromatic carbocycles. The van der Waals surface area contributed by atoms with Crippen molar-refractivity contribution in [1.82, 2.24) is 9.21 Å². The lowest BCUT2D eigenvalue weighted by molar-refractivity contribution is -0.135. The van der Waals surface area contributed by atoms with Crippen molar-refractivity contribution in [2.24, 2.45) is 0 Å². The highest BCUT2D eigenvalue weighted by molar-refractivity contribution is 7.89. The van der Waals surface area contributed by atoms with Crippen molar-refractivity contribution >= 4 is 38.0 Å². The zero-order chi connectivity index (χ0) is 29.2. The first kappa shape index (κ1) is 31.8. The molecule has 39 heavy (non-hydrogen) atoms. The number of likely N-dealkylation sites (N-methyl/N-ethyl adjacent to an activating group) is 1. The zero-order valence-corrected chi connectivity index (χ0v) is 28.1. The molecule has 0 bridgehead atoms. The highest BCUT2D eigenvalue weighted by atomic mass is 32.2. The van der Waals surface area contributed by atoms with Crippen LogP contribution in [0.15, 0.2) is 23.1 Å². The maximum absolute atomic E-state index is 13.5. The maximum Gasteiger partial charge on any atom is 0.243 e. The average molecular weight is 594 g/mol. The molecular formula is C28H47N3O5SSi2. The minimum absolute atomic E-state index is 0.138. The Bertz CT molecular complexity index is 1210. The Morgan fingerprint density at radius 3 is 2.36 bits per heavy atom. The number of ether oxygens (including phenoxy) is 1. The number of carbonyl (C=O) groups excluding carboxylic acids is 1. The van der Waals surface area contributed by atoms with Crippen LogP contribution in [-0.4, -0.2) is 99.0 Å². The third kappa shape index (κ3) is 8.18. The van der Waals surface area contributed by atoms with E-state index in [9.17, 15) is 13.2 Å². The summed E-state index contributed by atoms with van der Waals surface area (Å²) in [6.45, 7) is 21.1. The third-order valence-electron chi connectivity index (χ3n) is 7.72. The molecule has 0 N–H and O–H groups in total. The van der Waals surface area contributed by atoms with E-state index in [0.29, 0.717) is 31.9 Å². The van der Waals surface area contributed by atoms with Crippen LogP contribution in [-0.2, 0) is 24.0 Å². The molecule has 8 nitrogen and oxygen atoms in total. The van der Waals surface area contributed by atoms with Gasteiger partial charge in [0.05, 0.1) is 36.4 Å². The van der Waals surface area contributed by atoms with Gasteiger partial charge in [-0.05, 0) is 42.8 Å². The molecule has 0 aromatic heterocycles. The number of hydrogen-bond acceptors (Lipinski definition) is 6. The Hall–Kier alpha value is -1.69. The normalized spacial score (nSPS) is 19.3. The zero-order valence-electron chi connectivity index (χ0n) is 25.3. The summed E-state index contributed by atoms with van der Waals surface area (Å²) in [4.78, 5) is 16.8. The average Bonchev–Trinajstić information content (AvgIpc) is 3.29. The number of morpholine rings is 1. The lowest BCUT2D eigenvalue weighted by Crippen LogP contribution is -2.46. The molecule has 3 rings (SSSR count). The van der Waals surface area contributed by atoms with Gasteiger partial charge < -0.3 is 19.0 Å². The van der Waals surface area contributed by atoms with E-state index in [4.69, 9.17) is 9.16 Å². The summed E-state index contributed by atoms with van der Waals surface area (Å²) < 4.78 is 40.1. The number of hydrogen-bond donors (Lipinski definition) is 0. The summed E-state index contributed by atoms with van der Waals surface area (Å²) in [6, 6.07) is 5.19. The number of amides is 1. The largest absolute Gasteiger partial charge is 0.412 e. The van der Waals surface area contributed by atoms with Crippen LogP contribution in [0.1, 0.15) is 32.8 Å². The van der Waals surface area contributed by atoms with Gasteiger partial charge in [0.2, 0.25) is 15.9 Å². The molecule has 1 unspecified atom stereocenters. The van der Waals surface area contributed by atoms with E-state index in [-0.39, 0.29) is 28.5 Å². The van der Waals surface area contributed by atoms with Gasteiger partial charge in [-0.3, -0.25) is 4.79 Å². The smallest absolute Gasteiger partial charge is 0.243 e. The van der Waals surface area contributed by atoms with E-state index >= 15 is 0 Å². The lowest BCUT2D eigenvalue weighted by Gasteiger charge is -2.38. The van der Waals surface area contributed by atoms with Crippen LogP contribution in [0.2, 0.25) is 37.8 Å². The maximum atomic E-state index is 13.5. The Balaban J connectivity index is 1.86. The van der Waals surface area contributed by atoms with Gasteiger partial charge in [-0.15, -0.1) is 5.54 Å². The van der Waals surface area contributed by atoms with E-state index in [0.717, 1.165) is 29.5 Å². The third-order valence-corrected chi connectivity index (χ3v) is 14.9. The first-order valence-corrected chi connectivity index (χ1v) is 21.7. The molecular weight excluding hydrogens is 547 g/mol. The van der Waals surface area contributed by atoms with Crippen molar-refractivity contribution in [1.29, 1.82) is 0 Å². The summed E-state index contributed by atoms with van der Waals surface area (Å²) in [7, 11) is -6.04. The number of nitrogens with zero attached hydrogens (tertiary/aromatic N) is 3. The Labute approximate surface area is 238 Å². The van der Waals surface area contributed by atoms with E-state index < -0.39 is 26.4 Å². The fourth-order valence-corrected chi connectivity index (χ4v) is 7.35. The number of anilines is 1. The van der Waals surface area contributed by atoms with Crippen LogP contribution in [0, 0.1) is 11.5 Å². The van der Waals surface area contributed by atoms with Crippen LogP contribution in [0.3, 0.4) is 0 Å². The monoisotopic (exact) mass is 593 g/mol. The molecule has 1 amide bonds. The van der Waals surface area contributed by atoms with Crippen molar-refractivity contribution in [2.45, 2.75) is 76.0 Å². The first-order chi connectivity index (χ1) is 17.9. The predicted octanol–water partition coefficient (Wildman–Crippen LogP) is 4.00. The van der Waals surface area contributed by atoms with Gasteiger partial charge in [-0.25, -0.2) is 8.42 Å². The number of sulfonamides is 1. The van der Waals surface area contributed by atoms with Gasteiger partial charge in [0.15, 0.2) is 8.32 Å². The molecule has 0 saturated carbocycles. The molecule has 0 radical (unpaired) electrons. The summed E-state index contributed by atoms with van der Waals surface area (Å²) in [6.07, 6.45) is 1.07. The molecule has 11 heteroatoms. The van der Waals surface area contributed by atoms with Gasteiger partial charge in [-0.1, -0.05) is 46.3 Å². The molecule has 2 saturated heterocycles. The van der Waals surface area contributed by atoms with E-state index in [2.05, 4.69) is 69.9 Å². The Morgan fingerprint density at radius 2 is 1.77 bits per heavy atom. The second-order valence-electron chi connectivity index (χ2n) is 13.2. The van der Waals surface area contributed by atoms with E-state index in [1.165, 1.54) is 7.05 Å². The standard InChI is InChI=1S/C28H47N3O5SSi2/c1-28(2,3)39(8,9)36-24-12-14-31(21-24)26-11-10-25(20-23(26)13-19-38(5,6)7)37(33,34)29(4)22-27(32)30-15-17-35-18-16-30/h10-11,20,24H,12,14-18,21-22H2,1-9H3. The van der Waals surface area contributed by atoms with Crippen molar-refractivity contribution in [3.63, 3.8) is 0 Å². The molecule has 2 heterocycles. The van der Waals surface area contributed by atoms with Gasteiger partial charge in [0.25, 0.3) is 0 Å². The van der Waals surface area contributed by atoms with Crippen LogP contribution in [0.5, 0.6) is 0 Å². The summed E-state index contributed by atoms with van der Waals surface area (Å²) >= 11 is 0. The van der Waals surface area contributed by atoms with Crippen molar-refractivity contribution in [3.8, 4) is 11.5 Å². The highest BCUT2D eigenvalue weighted by Gasteiger charge is 2.40. The van der Waals surface area contributed by atoms with E-state index in [1.54, 1.807) is 17.0 Å². The van der Waals surface area contributed by atoms with Crippen LogP contribution in [0.25, 0.3) is 0 Å². The number of benzene rings is 1. The Morgan fingerprint density at radius 1 is 1.13 bits per heavy atom. The summed E-state index contributed by atoms with van der Waals surface area (Å²) in [5, 5.41) is 0.138. The molecule has 1 atom stereocenters. The van der Waals surface area contributed by atoms with Crippen LogP contribution < -0.4 is 4.90 Å². The Kier molecular flexibility index (Phi) is 9.83. The number of carbonyl (C=O) groups is 1. The minimum Gasteiger partial charge on any atom is -0.412 e. The number of rotatable bonds is 7. The van der Waals surface area contributed by atoms with Gasteiger partial charge in [0.1, 0.15) is 8.07 Å². The molecule has 2 aliphatic rings. The van der Waals surface area contributed by atoms with Crippen LogP contribution >= 0.6 is 0 Å². The van der Waals surface area contributed by atoms with Crippen molar-refractivity contribution in [3.05, 3.63) is 23.8 Å². The quantitative estimate of drug-likeness (QED) is 0.351. The summed E-state index contributed by atoms with van der Waals surface area (Å²) in [5.41, 5.74) is 5.06. The second kappa shape index (κ2) is 12.0. The highest BCUT2D eigenvalue weighted by Crippen LogP contribution is 2.39. The lowest BCUT2D eigenvalue weighted by atomic mass is 10.1. The molecule has 1 aromatic rings.